The smallest absolute Gasteiger partial charge is 0.274 e. The first-order valence-corrected chi connectivity index (χ1v) is 10.4. The monoisotopic (exact) mass is 413 g/mol. The Kier molecular flexibility index (Phi) is 5.03. The van der Waals surface area contributed by atoms with Crippen LogP contribution in [0.3, 0.4) is 0 Å². The van der Waals surface area contributed by atoms with E-state index in [1.165, 1.54) is 6.20 Å². The van der Waals surface area contributed by atoms with E-state index in [4.69, 9.17) is 4.99 Å². The van der Waals surface area contributed by atoms with E-state index in [0.29, 0.717) is 25.3 Å². The zero-order valence-electron chi connectivity index (χ0n) is 17.0. The Morgan fingerprint density at radius 1 is 1.10 bits per heavy atom. The number of aromatic nitrogens is 3. The van der Waals surface area contributed by atoms with Crippen molar-refractivity contribution in [1.29, 1.82) is 0 Å². The lowest BCUT2D eigenvalue weighted by atomic mass is 9.85. The minimum Gasteiger partial charge on any atom is -0.368 e. The lowest BCUT2D eigenvalue weighted by Crippen LogP contribution is -2.62. The fourth-order valence-corrected chi connectivity index (χ4v) is 4.19. The molecule has 2 N–H and O–H groups in total. The Morgan fingerprint density at radius 2 is 2.00 bits per heavy atom. The highest BCUT2D eigenvalue weighted by Crippen LogP contribution is 2.35. The molecule has 1 aromatic carbocycles. The first kappa shape index (κ1) is 19.2. The molecule has 3 aromatic rings. The van der Waals surface area contributed by atoms with Crippen molar-refractivity contribution in [2.75, 3.05) is 23.7 Å². The topological polar surface area (TPSA) is 95.4 Å². The number of likely N-dealkylation sites (tertiary alicyclic amines) is 1. The van der Waals surface area contributed by atoms with E-state index >= 15 is 0 Å². The second-order valence-corrected chi connectivity index (χ2v) is 7.80. The minimum atomic E-state index is -0.513. The van der Waals surface area contributed by atoms with Crippen molar-refractivity contribution in [3.63, 3.8) is 0 Å². The summed E-state index contributed by atoms with van der Waals surface area (Å²) in [4.78, 5) is 32.5. The molecule has 8 heteroatoms. The van der Waals surface area contributed by atoms with Gasteiger partial charge in [0.2, 0.25) is 0 Å². The highest BCUT2D eigenvalue weighted by Gasteiger charge is 2.45. The summed E-state index contributed by atoms with van der Waals surface area (Å²) in [7, 11) is 0. The quantitative estimate of drug-likeness (QED) is 0.685. The fourth-order valence-electron chi connectivity index (χ4n) is 4.19. The number of nitrogens with zero attached hydrogens (tertiary/aromatic N) is 5. The highest BCUT2D eigenvalue weighted by atomic mass is 16.2. The highest BCUT2D eigenvalue weighted by molar-refractivity contribution is 6.09. The van der Waals surface area contributed by atoms with Crippen molar-refractivity contribution in [2.45, 2.75) is 24.9 Å². The summed E-state index contributed by atoms with van der Waals surface area (Å²) < 4.78 is 0. The van der Waals surface area contributed by atoms with Crippen LogP contribution < -0.4 is 10.6 Å². The molecule has 1 amide bonds. The number of piperidine rings is 1. The Labute approximate surface area is 180 Å². The molecule has 2 aromatic heterocycles. The zero-order valence-corrected chi connectivity index (χ0v) is 17.0. The number of rotatable bonds is 3. The lowest BCUT2D eigenvalue weighted by Gasteiger charge is -2.46. The summed E-state index contributed by atoms with van der Waals surface area (Å²) in [6.45, 7) is 1.70. The van der Waals surface area contributed by atoms with Gasteiger partial charge in [-0.1, -0.05) is 30.3 Å². The second-order valence-electron chi connectivity index (χ2n) is 7.80. The van der Waals surface area contributed by atoms with Crippen molar-refractivity contribution in [3.05, 3.63) is 78.5 Å². The van der Waals surface area contributed by atoms with Crippen LogP contribution in [-0.2, 0) is 6.54 Å². The molecule has 5 rings (SSSR count). The van der Waals surface area contributed by atoms with Crippen molar-refractivity contribution in [3.8, 4) is 0 Å². The molecular weight excluding hydrogens is 390 g/mol. The minimum absolute atomic E-state index is 0.117. The van der Waals surface area contributed by atoms with Crippen molar-refractivity contribution < 1.29 is 4.79 Å². The molecule has 1 spiro atoms. The molecule has 156 valence electrons. The number of carbonyl (C=O) groups excluding carboxylic acids is 1. The normalized spacial score (nSPS) is 21.3. The predicted octanol–water partition coefficient (Wildman–Crippen LogP) is 2.98. The van der Waals surface area contributed by atoms with Crippen LogP contribution >= 0.6 is 0 Å². The van der Waals surface area contributed by atoms with E-state index in [0.717, 1.165) is 35.7 Å². The summed E-state index contributed by atoms with van der Waals surface area (Å²) in [5.41, 5.74) is 1.88. The van der Waals surface area contributed by atoms with Crippen LogP contribution in [0, 0.1) is 0 Å². The number of fused-ring (bicyclic) bond motifs is 1. The van der Waals surface area contributed by atoms with Gasteiger partial charge in [0.15, 0.2) is 5.82 Å². The Hall–Kier alpha value is -3.81. The first-order valence-electron chi connectivity index (χ1n) is 10.4. The van der Waals surface area contributed by atoms with Crippen LogP contribution in [0.15, 0.2) is 72.2 Å². The van der Waals surface area contributed by atoms with Gasteiger partial charge < -0.3 is 15.5 Å². The van der Waals surface area contributed by atoms with E-state index in [-0.39, 0.29) is 5.91 Å². The fraction of sp³-hybridized carbons (Fsp3) is 0.261. The molecule has 0 aliphatic carbocycles. The van der Waals surface area contributed by atoms with E-state index < -0.39 is 5.54 Å². The summed E-state index contributed by atoms with van der Waals surface area (Å²) in [5, 5.41) is 7.09. The molecule has 2 aliphatic rings. The Balaban J connectivity index is 1.48. The summed E-state index contributed by atoms with van der Waals surface area (Å²) >= 11 is 0. The number of anilines is 2. The average molecular weight is 413 g/mol. The molecule has 1 fully saturated rings. The van der Waals surface area contributed by atoms with E-state index in [1.54, 1.807) is 18.6 Å². The van der Waals surface area contributed by atoms with E-state index in [9.17, 15) is 4.79 Å². The summed E-state index contributed by atoms with van der Waals surface area (Å²) in [5.74, 6) is 1.44. The van der Waals surface area contributed by atoms with E-state index in [2.05, 4.69) is 37.7 Å². The Morgan fingerprint density at radius 3 is 2.84 bits per heavy atom. The van der Waals surface area contributed by atoms with Gasteiger partial charge in [-0.15, -0.1) is 0 Å². The number of amides is 1. The van der Waals surface area contributed by atoms with Crippen molar-refractivity contribution in [1.82, 2.24) is 19.9 Å². The predicted molar refractivity (Wildman–Crippen MR) is 119 cm³/mol. The van der Waals surface area contributed by atoms with Crippen molar-refractivity contribution in [2.24, 2.45) is 4.99 Å². The summed E-state index contributed by atoms with van der Waals surface area (Å²) in [6, 6.07) is 14.0. The SMILES string of the molecule is O=C(c1cnccn1)N1CCC[C@@]2(C1)Nc1cccnc1NC2=NCc1ccccc1. The standard InChI is InChI=1S/C23H23N7O/c31-21(19-15-24-11-12-25-19)30-13-5-9-23(16-30)22(27-14-17-6-2-1-3-7-17)28-20-18(29-23)8-4-10-26-20/h1-4,6-8,10-12,15,29H,5,9,13-14,16H2,(H,26,27,28)/t23-/m0/s1. The van der Waals surface area contributed by atoms with Gasteiger partial charge in [-0.25, -0.2) is 9.97 Å². The first-order chi connectivity index (χ1) is 15.2. The number of aliphatic imine (C=N–C) groups is 1. The third-order valence-corrected chi connectivity index (χ3v) is 5.70. The molecule has 0 radical (unpaired) electrons. The molecule has 1 atom stereocenters. The maximum Gasteiger partial charge on any atom is 0.274 e. The van der Waals surface area contributed by atoms with Gasteiger partial charge in [-0.05, 0) is 30.5 Å². The van der Waals surface area contributed by atoms with Gasteiger partial charge in [0.1, 0.15) is 17.1 Å². The summed E-state index contributed by atoms with van der Waals surface area (Å²) in [6.07, 6.45) is 8.08. The molecule has 2 aliphatic heterocycles. The molecule has 4 heterocycles. The van der Waals surface area contributed by atoms with Crippen LogP contribution in [0.5, 0.6) is 0 Å². The van der Waals surface area contributed by atoms with Crippen LogP contribution in [0.25, 0.3) is 0 Å². The largest absolute Gasteiger partial charge is 0.368 e. The third-order valence-electron chi connectivity index (χ3n) is 5.70. The number of amidine groups is 1. The van der Waals surface area contributed by atoms with Gasteiger partial charge in [-0.3, -0.25) is 14.8 Å². The van der Waals surface area contributed by atoms with Gasteiger partial charge >= 0.3 is 0 Å². The average Bonchev–Trinajstić information content (AvgIpc) is 2.83. The van der Waals surface area contributed by atoms with E-state index in [1.807, 2.05) is 35.2 Å². The van der Waals surface area contributed by atoms with Crippen LogP contribution in [-0.4, -0.2) is 50.2 Å². The van der Waals surface area contributed by atoms with Crippen LogP contribution in [0.4, 0.5) is 11.5 Å². The third kappa shape index (κ3) is 3.84. The zero-order chi connectivity index (χ0) is 21.1. The van der Waals surface area contributed by atoms with Crippen molar-refractivity contribution >= 4 is 23.2 Å². The number of hydrogen-bond donors (Lipinski definition) is 2. The number of carbonyl (C=O) groups is 1. The lowest BCUT2D eigenvalue weighted by molar-refractivity contribution is 0.0688. The van der Waals surface area contributed by atoms with Gasteiger partial charge in [-0.2, -0.15) is 0 Å². The number of nitrogens with one attached hydrogen (secondary N) is 2. The molecular formula is C23H23N7O. The molecule has 31 heavy (non-hydrogen) atoms. The Bertz CT molecular complexity index is 1100. The molecule has 0 unspecified atom stereocenters. The van der Waals surface area contributed by atoms with Gasteiger partial charge in [0.05, 0.1) is 25.0 Å². The van der Waals surface area contributed by atoms with Crippen LogP contribution in [0.1, 0.15) is 28.9 Å². The molecule has 0 saturated carbocycles. The maximum absolute atomic E-state index is 13.1. The molecule has 8 nitrogen and oxygen atoms in total. The van der Waals surface area contributed by atoms with Crippen LogP contribution in [0.2, 0.25) is 0 Å². The molecule has 0 bridgehead atoms. The van der Waals surface area contributed by atoms with Gasteiger partial charge in [0, 0.05) is 25.1 Å². The molecule has 1 saturated heterocycles. The number of hydrogen-bond acceptors (Lipinski definition) is 6. The second kappa shape index (κ2) is 8.14. The van der Waals surface area contributed by atoms with Gasteiger partial charge in [0.25, 0.3) is 5.91 Å². The maximum atomic E-state index is 13.1. The number of benzene rings is 1. The number of pyridine rings is 1.